The topological polar surface area (TPSA) is 78.7 Å². The summed E-state index contributed by atoms with van der Waals surface area (Å²) in [6, 6.07) is 13.4. The highest BCUT2D eigenvalue weighted by atomic mass is 35.5. The summed E-state index contributed by atoms with van der Waals surface area (Å²) < 4.78 is 0. The second-order valence-electron chi connectivity index (χ2n) is 6.45. The summed E-state index contributed by atoms with van der Waals surface area (Å²) in [5.41, 5.74) is 1.39. The fourth-order valence-corrected chi connectivity index (χ4v) is 3.42. The maximum Gasteiger partial charge on any atom is 0.271 e. The van der Waals surface area contributed by atoms with Gasteiger partial charge in [-0.1, -0.05) is 29.8 Å². The second-order valence-corrected chi connectivity index (χ2v) is 6.85. The molecule has 3 rings (SSSR count). The van der Waals surface area contributed by atoms with Crippen LogP contribution in [0.3, 0.4) is 0 Å². The van der Waals surface area contributed by atoms with Crippen LogP contribution < -0.4 is 10.2 Å². The third kappa shape index (κ3) is 4.56. The molecule has 0 spiro atoms. The van der Waals surface area contributed by atoms with Crippen LogP contribution in [0.4, 0.5) is 17.1 Å². The Kier molecular flexibility index (Phi) is 5.93. The molecule has 1 aliphatic heterocycles. The molecule has 2 aromatic carbocycles. The Labute approximate surface area is 162 Å². The smallest absolute Gasteiger partial charge is 0.271 e. The van der Waals surface area contributed by atoms with Crippen LogP contribution in [0.2, 0.25) is 5.02 Å². The summed E-state index contributed by atoms with van der Waals surface area (Å²) in [6.07, 6.45) is 0. The largest absolute Gasteiger partial charge is 0.368 e. The summed E-state index contributed by atoms with van der Waals surface area (Å²) in [5.74, 6) is -0.179. The Morgan fingerprint density at radius 2 is 1.85 bits per heavy atom. The van der Waals surface area contributed by atoms with Crippen LogP contribution in [0, 0.1) is 10.1 Å². The molecular weight excluding hydrogens is 368 g/mol. The van der Waals surface area contributed by atoms with Crippen molar-refractivity contribution in [2.45, 2.75) is 13.0 Å². The van der Waals surface area contributed by atoms with Crippen LogP contribution in [-0.4, -0.2) is 48.0 Å². The van der Waals surface area contributed by atoms with E-state index in [-0.39, 0.29) is 17.6 Å². The highest BCUT2D eigenvalue weighted by Crippen LogP contribution is 2.26. The molecular formula is C19H21ClN4O3. The van der Waals surface area contributed by atoms with Crippen LogP contribution in [0.25, 0.3) is 0 Å². The van der Waals surface area contributed by atoms with E-state index < -0.39 is 4.92 Å². The molecule has 1 atom stereocenters. The van der Waals surface area contributed by atoms with Crippen molar-refractivity contribution in [2.24, 2.45) is 0 Å². The predicted molar refractivity (Wildman–Crippen MR) is 106 cm³/mol. The molecule has 1 unspecified atom stereocenters. The summed E-state index contributed by atoms with van der Waals surface area (Å²) in [5, 5.41) is 14.4. The molecule has 0 bridgehead atoms. The quantitative estimate of drug-likeness (QED) is 0.627. The van der Waals surface area contributed by atoms with Crippen LogP contribution in [0.1, 0.15) is 6.92 Å². The van der Waals surface area contributed by atoms with Crippen molar-refractivity contribution in [3.8, 4) is 0 Å². The molecule has 0 aliphatic carbocycles. The van der Waals surface area contributed by atoms with Gasteiger partial charge in [-0.3, -0.25) is 19.8 Å². The van der Waals surface area contributed by atoms with Gasteiger partial charge in [-0.25, -0.2) is 0 Å². The van der Waals surface area contributed by atoms with Gasteiger partial charge in [0.1, 0.15) is 0 Å². The van der Waals surface area contributed by atoms with Crippen molar-refractivity contribution in [2.75, 3.05) is 36.4 Å². The zero-order valence-electron chi connectivity index (χ0n) is 15.0. The minimum absolute atomic E-state index is 0.0474. The summed E-state index contributed by atoms with van der Waals surface area (Å²) in [7, 11) is 0. The first-order valence-electron chi connectivity index (χ1n) is 8.74. The van der Waals surface area contributed by atoms with E-state index in [2.05, 4.69) is 15.1 Å². The average Bonchev–Trinajstić information content (AvgIpc) is 2.68. The number of non-ortho nitro benzene ring substituents is 1. The number of nitrogens with one attached hydrogen (secondary N) is 1. The van der Waals surface area contributed by atoms with E-state index in [9.17, 15) is 14.9 Å². The number of para-hydroxylation sites is 1. The lowest BCUT2D eigenvalue weighted by Crippen LogP contribution is -2.52. The first-order valence-corrected chi connectivity index (χ1v) is 9.12. The van der Waals surface area contributed by atoms with Gasteiger partial charge in [0.05, 0.1) is 21.7 Å². The first kappa shape index (κ1) is 19.1. The molecule has 1 aliphatic rings. The normalized spacial score (nSPS) is 16.0. The minimum atomic E-state index is -0.479. The van der Waals surface area contributed by atoms with Gasteiger partial charge in [-0.15, -0.1) is 0 Å². The average molecular weight is 389 g/mol. The Morgan fingerprint density at radius 1 is 1.15 bits per heavy atom. The molecule has 1 saturated heterocycles. The molecule has 2 aromatic rings. The number of anilines is 2. The van der Waals surface area contributed by atoms with Crippen molar-refractivity contribution >= 4 is 34.6 Å². The van der Waals surface area contributed by atoms with E-state index in [0.717, 1.165) is 36.9 Å². The standard InChI is InChI=1S/C19H21ClN4O3/c1-14(19(25)21-15-5-4-6-16(13-15)24(26)27)22-9-11-23(12-10-22)18-8-3-2-7-17(18)20/h2-8,13-14H,9-12H2,1H3,(H,21,25). The molecule has 7 nitrogen and oxygen atoms in total. The van der Waals surface area contributed by atoms with Crippen molar-refractivity contribution in [3.63, 3.8) is 0 Å². The number of carbonyl (C=O) groups excluding carboxylic acids is 1. The number of hydrogen-bond acceptors (Lipinski definition) is 5. The number of amides is 1. The number of carbonyl (C=O) groups is 1. The Bertz CT molecular complexity index is 837. The lowest BCUT2D eigenvalue weighted by atomic mass is 10.2. The number of nitro groups is 1. The Balaban J connectivity index is 1.58. The highest BCUT2D eigenvalue weighted by molar-refractivity contribution is 6.33. The maximum atomic E-state index is 12.5. The molecule has 1 fully saturated rings. The first-order chi connectivity index (χ1) is 13.0. The number of halogens is 1. The van der Waals surface area contributed by atoms with Gasteiger partial charge in [-0.05, 0) is 25.1 Å². The minimum Gasteiger partial charge on any atom is -0.368 e. The summed E-state index contributed by atoms with van der Waals surface area (Å²) in [6.45, 7) is 4.86. The number of benzene rings is 2. The zero-order chi connectivity index (χ0) is 19.4. The molecule has 0 radical (unpaired) electrons. The van der Waals surface area contributed by atoms with Gasteiger partial charge in [0.25, 0.3) is 5.69 Å². The van der Waals surface area contributed by atoms with Crippen LogP contribution in [0.15, 0.2) is 48.5 Å². The Hall–Kier alpha value is -2.64. The molecule has 1 amide bonds. The van der Waals surface area contributed by atoms with Crippen molar-refractivity contribution in [1.29, 1.82) is 0 Å². The van der Waals surface area contributed by atoms with E-state index in [4.69, 9.17) is 11.6 Å². The fourth-order valence-electron chi connectivity index (χ4n) is 3.17. The molecule has 0 saturated carbocycles. The fraction of sp³-hybridized carbons (Fsp3) is 0.316. The third-order valence-corrected chi connectivity index (χ3v) is 5.08. The number of nitrogens with zero attached hydrogens (tertiary/aromatic N) is 3. The van der Waals surface area contributed by atoms with Gasteiger partial charge < -0.3 is 10.2 Å². The Morgan fingerprint density at radius 3 is 2.52 bits per heavy atom. The van der Waals surface area contributed by atoms with E-state index >= 15 is 0 Å². The number of piperazine rings is 1. The van der Waals surface area contributed by atoms with E-state index in [1.165, 1.54) is 12.1 Å². The van der Waals surface area contributed by atoms with Gasteiger partial charge in [-0.2, -0.15) is 0 Å². The molecule has 1 heterocycles. The van der Waals surface area contributed by atoms with Crippen LogP contribution in [-0.2, 0) is 4.79 Å². The number of hydrogen-bond donors (Lipinski definition) is 1. The van der Waals surface area contributed by atoms with E-state index in [1.54, 1.807) is 12.1 Å². The molecule has 8 heteroatoms. The summed E-state index contributed by atoms with van der Waals surface area (Å²) in [4.78, 5) is 27.2. The molecule has 1 N–H and O–H groups in total. The second kappa shape index (κ2) is 8.37. The van der Waals surface area contributed by atoms with Gasteiger partial charge in [0, 0.05) is 44.0 Å². The lowest BCUT2D eigenvalue weighted by molar-refractivity contribution is -0.384. The molecule has 142 valence electrons. The van der Waals surface area contributed by atoms with Crippen molar-refractivity contribution in [3.05, 3.63) is 63.7 Å². The van der Waals surface area contributed by atoms with Gasteiger partial charge in [0.15, 0.2) is 0 Å². The predicted octanol–water partition coefficient (Wildman–Crippen LogP) is 3.40. The third-order valence-electron chi connectivity index (χ3n) is 4.76. The van der Waals surface area contributed by atoms with E-state index in [1.807, 2.05) is 31.2 Å². The number of rotatable bonds is 5. The molecule has 27 heavy (non-hydrogen) atoms. The zero-order valence-corrected chi connectivity index (χ0v) is 15.7. The van der Waals surface area contributed by atoms with E-state index in [0.29, 0.717) is 5.69 Å². The van der Waals surface area contributed by atoms with Gasteiger partial charge in [0.2, 0.25) is 5.91 Å². The van der Waals surface area contributed by atoms with Crippen molar-refractivity contribution < 1.29 is 9.72 Å². The van der Waals surface area contributed by atoms with Crippen LogP contribution >= 0.6 is 11.6 Å². The van der Waals surface area contributed by atoms with Crippen molar-refractivity contribution in [1.82, 2.24) is 4.90 Å². The lowest BCUT2D eigenvalue weighted by Gasteiger charge is -2.38. The highest BCUT2D eigenvalue weighted by Gasteiger charge is 2.26. The summed E-state index contributed by atoms with van der Waals surface area (Å²) >= 11 is 6.26. The van der Waals surface area contributed by atoms with Crippen LogP contribution in [0.5, 0.6) is 0 Å². The molecule has 0 aromatic heterocycles. The SMILES string of the molecule is CC(C(=O)Nc1cccc([N+](=O)[O-])c1)N1CCN(c2ccccc2Cl)CC1. The monoisotopic (exact) mass is 388 g/mol. The number of nitro benzene ring substituents is 1. The van der Waals surface area contributed by atoms with Gasteiger partial charge >= 0.3 is 0 Å². The maximum absolute atomic E-state index is 12.5.